The number of nitrogens with zero attached hydrogens (tertiary/aromatic N) is 4. The Morgan fingerprint density at radius 3 is 2.72 bits per heavy atom. The summed E-state index contributed by atoms with van der Waals surface area (Å²) in [6.45, 7) is 1.67. The lowest BCUT2D eigenvalue weighted by Gasteiger charge is -2.36. The molecule has 2 N–H and O–H groups in total. The largest absolute Gasteiger partial charge is 0.304 e. The van der Waals surface area contributed by atoms with Crippen LogP contribution in [0.25, 0.3) is 0 Å². The monoisotopic (exact) mass is 273 g/mol. The van der Waals surface area contributed by atoms with Crippen LogP contribution in [0.2, 0.25) is 0 Å². The number of rotatable bonds is 3. The standard InChI is InChI=1S/C10H19N5O2S/c1-13-5-3-4-9(7-13)15(18(11,16)17)10-6-12-14(2)8-10/h6,8-9H,3-5,7H2,1-2H3,(H2,11,16,17)/t9-/m0/s1. The first-order valence-electron chi connectivity index (χ1n) is 5.87. The maximum atomic E-state index is 11.8. The predicted molar refractivity (Wildman–Crippen MR) is 69.3 cm³/mol. The SMILES string of the molecule is CN1CCC[C@H](N(c2cnn(C)c2)S(N)(=O)=O)C1. The van der Waals surface area contributed by atoms with E-state index in [1.807, 2.05) is 7.05 Å². The van der Waals surface area contributed by atoms with Crippen molar-refractivity contribution in [2.75, 3.05) is 24.4 Å². The van der Waals surface area contributed by atoms with Gasteiger partial charge in [0.1, 0.15) is 0 Å². The van der Waals surface area contributed by atoms with Crippen molar-refractivity contribution in [3.8, 4) is 0 Å². The molecular weight excluding hydrogens is 254 g/mol. The highest BCUT2D eigenvalue weighted by Crippen LogP contribution is 2.23. The molecule has 18 heavy (non-hydrogen) atoms. The van der Waals surface area contributed by atoms with Gasteiger partial charge in [0.15, 0.2) is 0 Å². The van der Waals surface area contributed by atoms with Gasteiger partial charge in [-0.25, -0.2) is 5.14 Å². The summed E-state index contributed by atoms with van der Waals surface area (Å²) in [6, 6.07) is -0.122. The molecule has 0 aliphatic carbocycles. The molecular formula is C10H19N5O2S. The minimum Gasteiger partial charge on any atom is -0.304 e. The maximum Gasteiger partial charge on any atom is 0.299 e. The molecule has 2 heterocycles. The first-order chi connectivity index (χ1) is 8.38. The maximum absolute atomic E-state index is 11.8. The minimum atomic E-state index is -3.77. The van der Waals surface area contributed by atoms with Gasteiger partial charge in [0.05, 0.1) is 17.9 Å². The van der Waals surface area contributed by atoms with E-state index in [0.717, 1.165) is 19.4 Å². The fourth-order valence-corrected chi connectivity index (χ4v) is 3.39. The quantitative estimate of drug-likeness (QED) is 0.806. The van der Waals surface area contributed by atoms with E-state index in [9.17, 15) is 8.42 Å². The van der Waals surface area contributed by atoms with Crippen LogP contribution in [-0.4, -0.2) is 49.3 Å². The van der Waals surface area contributed by atoms with Crippen molar-refractivity contribution in [1.82, 2.24) is 14.7 Å². The zero-order chi connectivity index (χ0) is 13.3. The summed E-state index contributed by atoms with van der Waals surface area (Å²) in [5, 5.41) is 9.35. The molecule has 1 aliphatic heterocycles. The third-order valence-electron chi connectivity index (χ3n) is 3.15. The van der Waals surface area contributed by atoms with Gasteiger partial charge in [0, 0.05) is 19.8 Å². The van der Waals surface area contributed by atoms with E-state index in [2.05, 4.69) is 10.00 Å². The van der Waals surface area contributed by atoms with Gasteiger partial charge in [-0.2, -0.15) is 13.5 Å². The number of anilines is 1. The van der Waals surface area contributed by atoms with Gasteiger partial charge in [-0.3, -0.25) is 8.99 Å². The van der Waals surface area contributed by atoms with Crippen molar-refractivity contribution in [1.29, 1.82) is 0 Å². The van der Waals surface area contributed by atoms with Crippen molar-refractivity contribution >= 4 is 15.9 Å². The Morgan fingerprint density at radius 2 is 2.22 bits per heavy atom. The highest BCUT2D eigenvalue weighted by Gasteiger charge is 2.31. The first kappa shape index (κ1) is 13.3. The van der Waals surface area contributed by atoms with Crippen LogP contribution in [0.15, 0.2) is 12.4 Å². The van der Waals surface area contributed by atoms with E-state index in [1.165, 1.54) is 10.5 Å². The number of hydrogen-bond acceptors (Lipinski definition) is 4. The fourth-order valence-electron chi connectivity index (χ4n) is 2.42. The van der Waals surface area contributed by atoms with E-state index in [0.29, 0.717) is 12.2 Å². The summed E-state index contributed by atoms with van der Waals surface area (Å²) in [4.78, 5) is 2.11. The van der Waals surface area contributed by atoms with Crippen molar-refractivity contribution in [2.45, 2.75) is 18.9 Å². The third kappa shape index (κ3) is 2.82. The second-order valence-corrected chi connectivity index (χ2v) is 6.19. The molecule has 8 heteroatoms. The summed E-state index contributed by atoms with van der Waals surface area (Å²) >= 11 is 0. The summed E-state index contributed by atoms with van der Waals surface area (Å²) in [6.07, 6.45) is 4.97. The van der Waals surface area contributed by atoms with Crippen molar-refractivity contribution in [2.24, 2.45) is 12.2 Å². The van der Waals surface area contributed by atoms with Crippen LogP contribution >= 0.6 is 0 Å². The second kappa shape index (κ2) is 4.87. The Labute approximate surface area is 107 Å². The highest BCUT2D eigenvalue weighted by molar-refractivity contribution is 7.90. The van der Waals surface area contributed by atoms with Gasteiger partial charge >= 0.3 is 0 Å². The predicted octanol–water partition coefficient (Wildman–Crippen LogP) is -0.476. The van der Waals surface area contributed by atoms with E-state index in [1.54, 1.807) is 17.9 Å². The molecule has 1 atom stereocenters. The van der Waals surface area contributed by atoms with Crippen LogP contribution in [0, 0.1) is 0 Å². The van der Waals surface area contributed by atoms with E-state index < -0.39 is 10.2 Å². The molecule has 1 fully saturated rings. The highest BCUT2D eigenvalue weighted by atomic mass is 32.2. The molecule has 1 aromatic rings. The smallest absolute Gasteiger partial charge is 0.299 e. The Morgan fingerprint density at radius 1 is 1.50 bits per heavy atom. The van der Waals surface area contributed by atoms with Gasteiger partial charge in [0.2, 0.25) is 0 Å². The van der Waals surface area contributed by atoms with Crippen LogP contribution in [-0.2, 0) is 17.3 Å². The van der Waals surface area contributed by atoms with E-state index in [-0.39, 0.29) is 6.04 Å². The average molecular weight is 273 g/mol. The van der Waals surface area contributed by atoms with Crippen LogP contribution in [0.4, 0.5) is 5.69 Å². The van der Waals surface area contributed by atoms with Crippen molar-refractivity contribution < 1.29 is 8.42 Å². The summed E-state index contributed by atoms with van der Waals surface area (Å²) in [5.74, 6) is 0. The number of likely N-dealkylation sites (tertiary alicyclic amines) is 1. The molecule has 0 unspecified atom stereocenters. The second-order valence-electron chi connectivity index (χ2n) is 4.77. The number of aryl methyl sites for hydroxylation is 1. The fraction of sp³-hybridized carbons (Fsp3) is 0.700. The van der Waals surface area contributed by atoms with Crippen LogP contribution in [0.1, 0.15) is 12.8 Å². The number of nitrogens with two attached hydrogens (primary N) is 1. The van der Waals surface area contributed by atoms with Crippen LogP contribution < -0.4 is 9.44 Å². The molecule has 0 bridgehead atoms. The lowest BCUT2D eigenvalue weighted by Crippen LogP contribution is -2.51. The molecule has 2 rings (SSSR count). The molecule has 0 amide bonds. The Kier molecular flexibility index (Phi) is 3.60. The van der Waals surface area contributed by atoms with Gasteiger partial charge in [-0.15, -0.1) is 0 Å². The van der Waals surface area contributed by atoms with Crippen LogP contribution in [0.5, 0.6) is 0 Å². The van der Waals surface area contributed by atoms with E-state index in [4.69, 9.17) is 5.14 Å². The zero-order valence-corrected chi connectivity index (χ0v) is 11.5. The molecule has 7 nitrogen and oxygen atoms in total. The zero-order valence-electron chi connectivity index (χ0n) is 10.7. The lowest BCUT2D eigenvalue weighted by atomic mass is 10.1. The minimum absolute atomic E-state index is 0.122. The summed E-state index contributed by atoms with van der Waals surface area (Å²) in [7, 11) is -0.0437. The summed E-state index contributed by atoms with van der Waals surface area (Å²) < 4.78 is 26.4. The first-order valence-corrected chi connectivity index (χ1v) is 7.37. The molecule has 102 valence electrons. The molecule has 0 aromatic carbocycles. The van der Waals surface area contributed by atoms with Gasteiger partial charge in [0.25, 0.3) is 10.2 Å². The summed E-state index contributed by atoms with van der Waals surface area (Å²) in [5.41, 5.74) is 0.528. The van der Waals surface area contributed by atoms with Crippen molar-refractivity contribution in [3.63, 3.8) is 0 Å². The lowest BCUT2D eigenvalue weighted by molar-refractivity contribution is 0.253. The molecule has 1 saturated heterocycles. The van der Waals surface area contributed by atoms with Gasteiger partial charge in [-0.1, -0.05) is 0 Å². The third-order valence-corrected chi connectivity index (χ3v) is 4.21. The Bertz CT molecular complexity index is 512. The average Bonchev–Trinajstić information content (AvgIpc) is 2.62. The topological polar surface area (TPSA) is 84.5 Å². The Balaban J connectivity index is 2.31. The molecule has 0 saturated carbocycles. The number of piperidine rings is 1. The van der Waals surface area contributed by atoms with Gasteiger partial charge < -0.3 is 4.90 Å². The number of hydrogen-bond donors (Lipinski definition) is 1. The Hall–Kier alpha value is -1.12. The van der Waals surface area contributed by atoms with Crippen LogP contribution in [0.3, 0.4) is 0 Å². The van der Waals surface area contributed by atoms with E-state index >= 15 is 0 Å². The number of likely N-dealkylation sites (N-methyl/N-ethyl adjacent to an activating group) is 1. The molecule has 0 radical (unpaired) electrons. The molecule has 1 aliphatic rings. The molecule has 1 aromatic heterocycles. The van der Waals surface area contributed by atoms with Crippen molar-refractivity contribution in [3.05, 3.63) is 12.4 Å². The van der Waals surface area contributed by atoms with Gasteiger partial charge in [-0.05, 0) is 26.4 Å². The number of aromatic nitrogens is 2. The normalized spacial score (nSPS) is 22.1. The molecule has 0 spiro atoms.